The highest BCUT2D eigenvalue weighted by Gasteiger charge is 2.10. The van der Waals surface area contributed by atoms with Gasteiger partial charge in [-0.2, -0.15) is 8.78 Å². The molecule has 0 radical (unpaired) electrons. The number of hydrogen-bond donors (Lipinski definition) is 2. The highest BCUT2D eigenvalue weighted by molar-refractivity contribution is 7.99. The Kier molecular flexibility index (Phi) is 4.21. The lowest BCUT2D eigenvalue weighted by atomic mass is 10.2. The maximum absolute atomic E-state index is 12.5. The summed E-state index contributed by atoms with van der Waals surface area (Å²) in [7, 11) is 0. The number of halogens is 2. The van der Waals surface area contributed by atoms with Crippen molar-refractivity contribution in [3.63, 3.8) is 0 Å². The highest BCUT2D eigenvalue weighted by Crippen LogP contribution is 2.33. The number of aryl methyl sites for hydroxylation is 1. The third-order valence-electron chi connectivity index (χ3n) is 2.51. The summed E-state index contributed by atoms with van der Waals surface area (Å²) < 4.78 is 24.9. The zero-order valence-corrected chi connectivity index (χ0v) is 11.0. The molecule has 0 aliphatic heterocycles. The lowest BCUT2D eigenvalue weighted by Crippen LogP contribution is -1.98. The Balaban J connectivity index is 2.25. The number of nitrogens with one attached hydrogen (secondary N) is 1. The second-order valence-electron chi connectivity index (χ2n) is 3.93. The Morgan fingerprint density at radius 2 is 2.05 bits per heavy atom. The van der Waals surface area contributed by atoms with Crippen molar-refractivity contribution in [1.29, 1.82) is 0 Å². The maximum Gasteiger partial charge on any atom is 0.288 e. The number of nitrogens with two attached hydrogens (primary N) is 1. The molecule has 0 spiro atoms. The maximum atomic E-state index is 12.5. The van der Waals surface area contributed by atoms with E-state index in [1.807, 2.05) is 6.92 Å². The molecule has 0 saturated carbocycles. The SMILES string of the molecule is Cc1cnc(Nc2ccccc2SC(F)F)cc1N. The van der Waals surface area contributed by atoms with Crippen molar-refractivity contribution < 1.29 is 8.78 Å². The minimum atomic E-state index is -2.46. The van der Waals surface area contributed by atoms with Crippen LogP contribution in [0.15, 0.2) is 41.4 Å². The number of benzene rings is 1. The molecule has 3 N–H and O–H groups in total. The first kappa shape index (κ1) is 13.6. The number of nitrogen functional groups attached to an aromatic ring is 1. The Bertz CT molecular complexity index is 576. The topological polar surface area (TPSA) is 50.9 Å². The average Bonchev–Trinajstić information content (AvgIpc) is 2.36. The number of alkyl halides is 2. The molecule has 100 valence electrons. The van der Waals surface area contributed by atoms with Crippen LogP contribution in [0.1, 0.15) is 5.56 Å². The predicted octanol–water partition coefficient (Wildman–Crippen LogP) is 4.03. The average molecular weight is 281 g/mol. The molecular weight excluding hydrogens is 268 g/mol. The van der Waals surface area contributed by atoms with E-state index in [4.69, 9.17) is 5.73 Å². The van der Waals surface area contributed by atoms with Gasteiger partial charge in [0.2, 0.25) is 0 Å². The minimum absolute atomic E-state index is 0.471. The van der Waals surface area contributed by atoms with Crippen LogP contribution in [0.25, 0.3) is 0 Å². The second-order valence-corrected chi connectivity index (χ2v) is 4.96. The molecule has 0 amide bonds. The van der Waals surface area contributed by atoms with E-state index in [2.05, 4.69) is 10.3 Å². The van der Waals surface area contributed by atoms with Crippen LogP contribution in [0.4, 0.5) is 26.0 Å². The molecule has 0 bridgehead atoms. The molecule has 0 aliphatic rings. The molecule has 1 heterocycles. The predicted molar refractivity (Wildman–Crippen MR) is 75.0 cm³/mol. The van der Waals surface area contributed by atoms with Gasteiger partial charge >= 0.3 is 0 Å². The first-order valence-electron chi connectivity index (χ1n) is 5.59. The van der Waals surface area contributed by atoms with E-state index in [1.165, 1.54) is 0 Å². The van der Waals surface area contributed by atoms with E-state index in [-0.39, 0.29) is 0 Å². The van der Waals surface area contributed by atoms with Crippen LogP contribution in [-0.2, 0) is 0 Å². The van der Waals surface area contributed by atoms with Crippen molar-refractivity contribution in [2.24, 2.45) is 0 Å². The van der Waals surface area contributed by atoms with Gasteiger partial charge in [-0.05, 0) is 24.6 Å². The van der Waals surface area contributed by atoms with Crippen LogP contribution in [-0.4, -0.2) is 10.7 Å². The Hall–Kier alpha value is -1.82. The molecule has 0 aliphatic carbocycles. The minimum Gasteiger partial charge on any atom is -0.398 e. The summed E-state index contributed by atoms with van der Waals surface area (Å²) in [6.45, 7) is 1.85. The normalized spacial score (nSPS) is 10.7. The summed E-state index contributed by atoms with van der Waals surface area (Å²) in [6, 6.07) is 8.53. The first-order chi connectivity index (χ1) is 9.06. The van der Waals surface area contributed by atoms with E-state index in [0.717, 1.165) is 5.56 Å². The molecular formula is C13H13F2N3S. The molecule has 19 heavy (non-hydrogen) atoms. The van der Waals surface area contributed by atoms with Crippen LogP contribution in [0.5, 0.6) is 0 Å². The lowest BCUT2D eigenvalue weighted by Gasteiger charge is -2.11. The Labute approximate surface area is 114 Å². The van der Waals surface area contributed by atoms with E-state index in [0.29, 0.717) is 33.9 Å². The van der Waals surface area contributed by atoms with Crippen molar-refractivity contribution in [2.45, 2.75) is 17.6 Å². The number of para-hydroxylation sites is 1. The lowest BCUT2D eigenvalue weighted by molar-refractivity contribution is 0.252. The van der Waals surface area contributed by atoms with Crippen LogP contribution in [0, 0.1) is 6.92 Å². The third kappa shape index (κ3) is 3.57. The third-order valence-corrected chi connectivity index (χ3v) is 3.30. The molecule has 2 rings (SSSR count). The first-order valence-corrected chi connectivity index (χ1v) is 6.47. The zero-order chi connectivity index (χ0) is 13.8. The number of thioether (sulfide) groups is 1. The van der Waals surface area contributed by atoms with Crippen LogP contribution in [0.3, 0.4) is 0 Å². The fraction of sp³-hybridized carbons (Fsp3) is 0.154. The molecule has 1 aromatic carbocycles. The summed E-state index contributed by atoms with van der Waals surface area (Å²) >= 11 is 0.497. The van der Waals surface area contributed by atoms with Crippen molar-refractivity contribution in [3.05, 3.63) is 42.1 Å². The molecule has 2 aromatic rings. The van der Waals surface area contributed by atoms with E-state index < -0.39 is 5.76 Å². The number of rotatable bonds is 4. The van der Waals surface area contributed by atoms with Crippen molar-refractivity contribution in [2.75, 3.05) is 11.1 Å². The van der Waals surface area contributed by atoms with Gasteiger partial charge in [-0.3, -0.25) is 0 Å². The number of pyridine rings is 1. The van der Waals surface area contributed by atoms with Gasteiger partial charge in [0.1, 0.15) is 5.82 Å². The van der Waals surface area contributed by atoms with Gasteiger partial charge in [-0.25, -0.2) is 4.98 Å². The number of nitrogens with zero attached hydrogens (tertiary/aromatic N) is 1. The molecule has 3 nitrogen and oxygen atoms in total. The summed E-state index contributed by atoms with van der Waals surface area (Å²) in [5.41, 5.74) is 7.86. The van der Waals surface area contributed by atoms with Gasteiger partial charge < -0.3 is 11.1 Å². The Morgan fingerprint density at radius 1 is 1.32 bits per heavy atom. The zero-order valence-electron chi connectivity index (χ0n) is 10.2. The Morgan fingerprint density at radius 3 is 2.74 bits per heavy atom. The van der Waals surface area contributed by atoms with Gasteiger partial charge in [0.25, 0.3) is 5.76 Å². The molecule has 0 unspecified atom stereocenters. The summed E-state index contributed by atoms with van der Waals surface area (Å²) in [4.78, 5) is 4.64. The molecule has 1 aromatic heterocycles. The van der Waals surface area contributed by atoms with E-state index in [1.54, 1.807) is 36.5 Å². The van der Waals surface area contributed by atoms with Gasteiger partial charge in [-0.15, -0.1) is 0 Å². The molecule has 0 saturated heterocycles. The summed E-state index contributed by atoms with van der Waals surface area (Å²) in [5, 5.41) is 3.00. The summed E-state index contributed by atoms with van der Waals surface area (Å²) in [6.07, 6.45) is 1.64. The summed E-state index contributed by atoms with van der Waals surface area (Å²) in [5.74, 6) is -1.93. The van der Waals surface area contributed by atoms with Crippen molar-refractivity contribution in [1.82, 2.24) is 4.98 Å². The number of anilines is 3. The van der Waals surface area contributed by atoms with E-state index >= 15 is 0 Å². The van der Waals surface area contributed by atoms with Crippen LogP contribution >= 0.6 is 11.8 Å². The van der Waals surface area contributed by atoms with Crippen molar-refractivity contribution in [3.8, 4) is 0 Å². The fourth-order valence-electron chi connectivity index (χ4n) is 1.51. The van der Waals surface area contributed by atoms with Gasteiger partial charge in [0, 0.05) is 22.8 Å². The van der Waals surface area contributed by atoms with Crippen LogP contribution < -0.4 is 11.1 Å². The van der Waals surface area contributed by atoms with Gasteiger partial charge in [0.15, 0.2) is 0 Å². The smallest absolute Gasteiger partial charge is 0.288 e. The fourth-order valence-corrected chi connectivity index (χ4v) is 2.11. The molecule has 0 atom stereocenters. The number of aromatic nitrogens is 1. The monoisotopic (exact) mass is 281 g/mol. The number of hydrogen-bond acceptors (Lipinski definition) is 4. The van der Waals surface area contributed by atoms with Crippen molar-refractivity contribution >= 4 is 29.0 Å². The highest BCUT2D eigenvalue weighted by atomic mass is 32.2. The largest absolute Gasteiger partial charge is 0.398 e. The van der Waals surface area contributed by atoms with Gasteiger partial charge in [0.05, 0.1) is 5.69 Å². The second kappa shape index (κ2) is 5.88. The molecule has 6 heteroatoms. The quantitative estimate of drug-likeness (QED) is 0.831. The van der Waals surface area contributed by atoms with Crippen LogP contribution in [0.2, 0.25) is 0 Å². The standard InChI is InChI=1S/C13H13F2N3S/c1-8-7-17-12(6-9(8)16)18-10-4-2-3-5-11(10)19-13(14)15/h2-7,13H,1H3,(H3,16,17,18). The van der Waals surface area contributed by atoms with Gasteiger partial charge in [-0.1, -0.05) is 23.9 Å². The van der Waals surface area contributed by atoms with E-state index in [9.17, 15) is 8.78 Å². The molecule has 0 fully saturated rings.